The van der Waals surface area contributed by atoms with Crippen LogP contribution in [0.3, 0.4) is 0 Å². The highest BCUT2D eigenvalue weighted by molar-refractivity contribution is 5.95. The zero-order valence-electron chi connectivity index (χ0n) is 19.0. The van der Waals surface area contributed by atoms with E-state index in [-0.39, 0.29) is 11.7 Å². The van der Waals surface area contributed by atoms with Gasteiger partial charge in [-0.2, -0.15) is 0 Å². The predicted molar refractivity (Wildman–Crippen MR) is 131 cm³/mol. The largest absolute Gasteiger partial charge is 0.465 e. The van der Waals surface area contributed by atoms with Crippen LogP contribution in [0.4, 0.5) is 16.0 Å². The molecule has 0 atom stereocenters. The molecule has 4 aromatic rings. The van der Waals surface area contributed by atoms with Crippen molar-refractivity contribution >= 4 is 23.5 Å². The van der Waals surface area contributed by atoms with Crippen molar-refractivity contribution in [3.05, 3.63) is 108 Å². The number of halogens is 1. The lowest BCUT2D eigenvalue weighted by Gasteiger charge is -2.09. The third-order valence-corrected chi connectivity index (χ3v) is 5.24. The number of hydrogen-bond donors (Lipinski definition) is 2. The van der Waals surface area contributed by atoms with Crippen LogP contribution < -0.4 is 10.6 Å². The molecule has 0 aliphatic heterocycles. The number of carbonyl (C=O) groups is 2. The van der Waals surface area contributed by atoms with Crippen LogP contribution in [0.15, 0.2) is 85.2 Å². The monoisotopic (exact) mass is 470 g/mol. The Morgan fingerprint density at radius 1 is 0.886 bits per heavy atom. The molecule has 0 aliphatic rings. The molecule has 1 heterocycles. The summed E-state index contributed by atoms with van der Waals surface area (Å²) in [6.45, 7) is 0.409. The van der Waals surface area contributed by atoms with Gasteiger partial charge in [0.15, 0.2) is 0 Å². The topological polar surface area (TPSA) is 93.2 Å². The second kappa shape index (κ2) is 11.0. The van der Waals surface area contributed by atoms with E-state index < -0.39 is 5.97 Å². The first kappa shape index (κ1) is 23.6. The van der Waals surface area contributed by atoms with Gasteiger partial charge in [0.1, 0.15) is 5.82 Å². The molecular formula is C27H23FN4O3. The van der Waals surface area contributed by atoms with Crippen LogP contribution in [-0.2, 0) is 11.2 Å². The number of carbonyl (C=O) groups excluding carboxylic acids is 2. The lowest BCUT2D eigenvalue weighted by molar-refractivity contribution is 0.0600. The Hall–Kier alpha value is -4.59. The summed E-state index contributed by atoms with van der Waals surface area (Å²) in [5.41, 5.74) is 3.91. The Balaban J connectivity index is 1.34. The third kappa shape index (κ3) is 6.26. The highest BCUT2D eigenvalue weighted by Crippen LogP contribution is 2.20. The molecular weight excluding hydrogens is 447 g/mol. The molecule has 2 N–H and O–H groups in total. The minimum atomic E-state index is -0.396. The van der Waals surface area contributed by atoms with Crippen LogP contribution in [0, 0.1) is 5.82 Å². The molecule has 0 spiro atoms. The van der Waals surface area contributed by atoms with Gasteiger partial charge in [-0.1, -0.05) is 30.3 Å². The van der Waals surface area contributed by atoms with Crippen LogP contribution in [0.5, 0.6) is 0 Å². The minimum absolute atomic E-state index is 0.222. The zero-order valence-corrected chi connectivity index (χ0v) is 19.0. The van der Waals surface area contributed by atoms with Gasteiger partial charge in [0, 0.05) is 35.8 Å². The Bertz CT molecular complexity index is 1340. The summed E-state index contributed by atoms with van der Waals surface area (Å²) in [4.78, 5) is 32.9. The molecule has 4 rings (SSSR count). The first-order chi connectivity index (χ1) is 17.0. The van der Waals surface area contributed by atoms with E-state index in [4.69, 9.17) is 4.74 Å². The molecule has 0 unspecified atom stereocenters. The van der Waals surface area contributed by atoms with Gasteiger partial charge in [-0.3, -0.25) is 4.79 Å². The summed E-state index contributed by atoms with van der Waals surface area (Å²) >= 11 is 0. The van der Waals surface area contributed by atoms with Gasteiger partial charge in [0.2, 0.25) is 5.95 Å². The van der Waals surface area contributed by atoms with Crippen molar-refractivity contribution < 1.29 is 18.7 Å². The molecule has 0 bridgehead atoms. The maximum atomic E-state index is 13.4. The van der Waals surface area contributed by atoms with Crippen molar-refractivity contribution in [2.75, 3.05) is 19.0 Å². The van der Waals surface area contributed by atoms with Gasteiger partial charge in [-0.05, 0) is 60.0 Å². The Labute approximate surface area is 202 Å². The molecule has 1 aromatic heterocycles. The number of rotatable bonds is 8. The highest BCUT2D eigenvalue weighted by atomic mass is 19.1. The van der Waals surface area contributed by atoms with Crippen molar-refractivity contribution in [1.82, 2.24) is 15.3 Å². The SMILES string of the molecule is COC(=O)c1cccc(CCNC(=O)c2cccc(Nc3ncc(-c4cccc(F)c4)cn3)c2)c1. The van der Waals surface area contributed by atoms with Gasteiger partial charge in [0.05, 0.1) is 12.7 Å². The molecule has 0 saturated heterocycles. The first-order valence-corrected chi connectivity index (χ1v) is 10.9. The number of aromatic nitrogens is 2. The van der Waals surface area contributed by atoms with Crippen LogP contribution in [0.1, 0.15) is 26.3 Å². The predicted octanol–water partition coefficient (Wildman–Crippen LogP) is 4.79. The van der Waals surface area contributed by atoms with E-state index in [1.165, 1.54) is 19.2 Å². The molecule has 7 nitrogen and oxygen atoms in total. The number of esters is 1. The molecule has 0 fully saturated rings. The van der Waals surface area contributed by atoms with E-state index >= 15 is 0 Å². The number of hydrogen-bond acceptors (Lipinski definition) is 6. The molecule has 176 valence electrons. The number of amides is 1. The number of benzene rings is 3. The smallest absolute Gasteiger partial charge is 0.337 e. The summed E-state index contributed by atoms with van der Waals surface area (Å²) < 4.78 is 18.2. The van der Waals surface area contributed by atoms with Gasteiger partial charge in [-0.25, -0.2) is 19.2 Å². The molecule has 0 saturated carbocycles. The molecule has 8 heteroatoms. The number of methoxy groups -OCH3 is 1. The Kier molecular flexibility index (Phi) is 7.42. The Morgan fingerprint density at radius 2 is 1.63 bits per heavy atom. The summed E-state index contributed by atoms with van der Waals surface area (Å²) in [6.07, 6.45) is 3.78. The van der Waals surface area contributed by atoms with Crippen molar-refractivity contribution in [1.29, 1.82) is 0 Å². The van der Waals surface area contributed by atoms with Crippen molar-refractivity contribution in [3.8, 4) is 11.1 Å². The van der Waals surface area contributed by atoms with Gasteiger partial charge in [0.25, 0.3) is 5.91 Å². The highest BCUT2D eigenvalue weighted by Gasteiger charge is 2.09. The van der Waals surface area contributed by atoms with Crippen molar-refractivity contribution in [2.45, 2.75) is 6.42 Å². The van der Waals surface area contributed by atoms with E-state index in [1.807, 2.05) is 6.07 Å². The van der Waals surface area contributed by atoms with E-state index in [2.05, 4.69) is 20.6 Å². The van der Waals surface area contributed by atoms with Crippen LogP contribution in [0.25, 0.3) is 11.1 Å². The molecule has 3 aromatic carbocycles. The lowest BCUT2D eigenvalue weighted by atomic mass is 10.1. The molecule has 35 heavy (non-hydrogen) atoms. The van der Waals surface area contributed by atoms with Crippen molar-refractivity contribution in [3.63, 3.8) is 0 Å². The number of nitrogens with one attached hydrogen (secondary N) is 2. The van der Waals surface area contributed by atoms with E-state index in [0.29, 0.717) is 46.9 Å². The fourth-order valence-corrected chi connectivity index (χ4v) is 3.47. The second-order valence-electron chi connectivity index (χ2n) is 7.71. The third-order valence-electron chi connectivity index (χ3n) is 5.24. The molecule has 1 amide bonds. The summed E-state index contributed by atoms with van der Waals surface area (Å²) in [5.74, 6) is -0.587. The average Bonchev–Trinajstić information content (AvgIpc) is 2.89. The maximum Gasteiger partial charge on any atom is 0.337 e. The quantitative estimate of drug-likeness (QED) is 0.360. The summed E-state index contributed by atoms with van der Waals surface area (Å²) in [6, 6.07) is 20.3. The second-order valence-corrected chi connectivity index (χ2v) is 7.71. The van der Waals surface area contributed by atoms with E-state index in [9.17, 15) is 14.0 Å². The molecule has 0 radical (unpaired) electrons. The fourth-order valence-electron chi connectivity index (χ4n) is 3.47. The van der Waals surface area contributed by atoms with E-state index in [1.54, 1.807) is 67.0 Å². The van der Waals surface area contributed by atoms with Crippen molar-refractivity contribution in [2.24, 2.45) is 0 Å². The van der Waals surface area contributed by atoms with Crippen LogP contribution >= 0.6 is 0 Å². The summed E-state index contributed by atoms with van der Waals surface area (Å²) in [5, 5.41) is 5.96. The van der Waals surface area contributed by atoms with Crippen LogP contribution in [-0.4, -0.2) is 35.5 Å². The Morgan fingerprint density at radius 3 is 2.40 bits per heavy atom. The van der Waals surface area contributed by atoms with Gasteiger partial charge < -0.3 is 15.4 Å². The lowest BCUT2D eigenvalue weighted by Crippen LogP contribution is -2.25. The number of nitrogens with zero attached hydrogens (tertiary/aromatic N) is 2. The number of ether oxygens (including phenoxy) is 1. The maximum absolute atomic E-state index is 13.4. The average molecular weight is 471 g/mol. The fraction of sp³-hybridized carbons (Fsp3) is 0.111. The van der Waals surface area contributed by atoms with E-state index in [0.717, 1.165) is 5.56 Å². The molecule has 0 aliphatic carbocycles. The first-order valence-electron chi connectivity index (χ1n) is 10.9. The van der Waals surface area contributed by atoms with Gasteiger partial charge >= 0.3 is 5.97 Å². The minimum Gasteiger partial charge on any atom is -0.465 e. The van der Waals surface area contributed by atoms with Crippen LogP contribution in [0.2, 0.25) is 0 Å². The normalized spacial score (nSPS) is 10.5. The van der Waals surface area contributed by atoms with Gasteiger partial charge in [-0.15, -0.1) is 0 Å². The zero-order chi connectivity index (χ0) is 24.6. The summed E-state index contributed by atoms with van der Waals surface area (Å²) in [7, 11) is 1.34. The standard InChI is InChI=1S/C27H23FN4O3/c1-35-26(34)21-8-2-5-18(13-21)11-12-29-25(33)20-7-4-10-24(15-20)32-27-30-16-22(17-31-27)19-6-3-9-23(28)14-19/h2-10,13-17H,11-12H2,1H3,(H,29,33)(H,30,31,32). The number of anilines is 2.